The highest BCUT2D eigenvalue weighted by molar-refractivity contribution is 5.92. The van der Waals surface area contributed by atoms with Crippen LogP contribution in [0.2, 0.25) is 0 Å². The molecule has 1 heterocycles. The van der Waals surface area contributed by atoms with Gasteiger partial charge in [0.25, 0.3) is 5.91 Å². The summed E-state index contributed by atoms with van der Waals surface area (Å²) in [6.07, 6.45) is 1.90. The van der Waals surface area contributed by atoms with Crippen molar-refractivity contribution in [2.75, 3.05) is 0 Å². The van der Waals surface area contributed by atoms with Crippen LogP contribution in [0.15, 0.2) is 6.07 Å². The normalized spacial score (nSPS) is 10.7. The lowest BCUT2D eigenvalue weighted by molar-refractivity contribution is 0.0929. The van der Waals surface area contributed by atoms with Crippen molar-refractivity contribution in [2.45, 2.75) is 39.7 Å². The van der Waals surface area contributed by atoms with Crippen LogP contribution in [0.25, 0.3) is 0 Å². The molecule has 1 rings (SSSR count). The quantitative estimate of drug-likeness (QED) is 0.819. The SMILES string of the molecule is CCC(CC)NC(=O)c1cc(C)n(C)n1. The summed E-state index contributed by atoms with van der Waals surface area (Å²) in [5, 5.41) is 7.09. The Bertz CT molecular complexity index is 320. The number of hydrogen-bond acceptors (Lipinski definition) is 2. The zero-order valence-corrected chi connectivity index (χ0v) is 9.87. The van der Waals surface area contributed by atoms with Gasteiger partial charge < -0.3 is 5.32 Å². The topological polar surface area (TPSA) is 46.9 Å². The predicted molar refractivity (Wildman–Crippen MR) is 59.8 cm³/mol. The number of carbonyl (C=O) groups is 1. The first kappa shape index (κ1) is 11.8. The molecule has 1 aromatic heterocycles. The summed E-state index contributed by atoms with van der Waals surface area (Å²) in [6, 6.07) is 2.05. The summed E-state index contributed by atoms with van der Waals surface area (Å²) in [6.45, 7) is 6.07. The molecule has 1 N–H and O–H groups in total. The lowest BCUT2D eigenvalue weighted by Crippen LogP contribution is -2.34. The molecule has 0 aromatic carbocycles. The first-order chi connectivity index (χ1) is 7.08. The minimum absolute atomic E-state index is 0.0765. The van der Waals surface area contributed by atoms with E-state index in [9.17, 15) is 4.79 Å². The molecule has 84 valence electrons. The van der Waals surface area contributed by atoms with Crippen LogP contribution in [0.4, 0.5) is 0 Å². The molecule has 0 bridgehead atoms. The van der Waals surface area contributed by atoms with E-state index in [1.807, 2.05) is 14.0 Å². The van der Waals surface area contributed by atoms with Gasteiger partial charge in [-0.15, -0.1) is 0 Å². The van der Waals surface area contributed by atoms with E-state index in [0.29, 0.717) is 5.69 Å². The van der Waals surface area contributed by atoms with Gasteiger partial charge in [-0.05, 0) is 25.8 Å². The number of nitrogens with zero attached hydrogens (tertiary/aromatic N) is 2. The zero-order valence-electron chi connectivity index (χ0n) is 9.87. The second-order valence-corrected chi connectivity index (χ2v) is 3.78. The van der Waals surface area contributed by atoms with Crippen LogP contribution in [0, 0.1) is 6.92 Å². The van der Waals surface area contributed by atoms with Crippen molar-refractivity contribution < 1.29 is 4.79 Å². The standard InChI is InChI=1S/C11H19N3O/c1-5-9(6-2)12-11(15)10-7-8(3)14(4)13-10/h7,9H,5-6H2,1-4H3,(H,12,15). The van der Waals surface area contributed by atoms with E-state index in [2.05, 4.69) is 24.3 Å². The molecular formula is C11H19N3O. The van der Waals surface area contributed by atoms with E-state index in [0.717, 1.165) is 18.5 Å². The fourth-order valence-corrected chi connectivity index (χ4v) is 1.42. The van der Waals surface area contributed by atoms with Crippen LogP contribution in [0.5, 0.6) is 0 Å². The van der Waals surface area contributed by atoms with Crippen molar-refractivity contribution >= 4 is 5.91 Å². The monoisotopic (exact) mass is 209 g/mol. The highest BCUT2D eigenvalue weighted by Crippen LogP contribution is 2.03. The number of carbonyl (C=O) groups excluding carboxylic acids is 1. The third kappa shape index (κ3) is 2.81. The fourth-order valence-electron chi connectivity index (χ4n) is 1.42. The summed E-state index contributed by atoms with van der Waals surface area (Å²) >= 11 is 0. The summed E-state index contributed by atoms with van der Waals surface area (Å²) in [7, 11) is 1.84. The molecule has 0 unspecified atom stereocenters. The Balaban J connectivity index is 2.68. The third-order valence-electron chi connectivity index (χ3n) is 2.67. The Morgan fingerprint density at radius 2 is 2.13 bits per heavy atom. The van der Waals surface area contributed by atoms with Gasteiger partial charge >= 0.3 is 0 Å². The number of aryl methyl sites for hydroxylation is 2. The van der Waals surface area contributed by atoms with Gasteiger partial charge in [-0.25, -0.2) is 0 Å². The van der Waals surface area contributed by atoms with E-state index in [1.165, 1.54) is 0 Å². The molecule has 0 atom stereocenters. The van der Waals surface area contributed by atoms with Crippen molar-refractivity contribution in [3.63, 3.8) is 0 Å². The molecule has 0 aliphatic rings. The maximum absolute atomic E-state index is 11.8. The largest absolute Gasteiger partial charge is 0.348 e. The van der Waals surface area contributed by atoms with Crippen molar-refractivity contribution in [1.82, 2.24) is 15.1 Å². The molecule has 0 saturated carbocycles. The summed E-state index contributed by atoms with van der Waals surface area (Å²) in [5.74, 6) is -0.0765. The van der Waals surface area contributed by atoms with E-state index < -0.39 is 0 Å². The van der Waals surface area contributed by atoms with Gasteiger partial charge in [-0.2, -0.15) is 5.10 Å². The van der Waals surface area contributed by atoms with Gasteiger partial charge in [0, 0.05) is 18.8 Å². The molecule has 0 saturated heterocycles. The summed E-state index contributed by atoms with van der Waals surface area (Å²) in [5.41, 5.74) is 1.49. The van der Waals surface area contributed by atoms with Gasteiger partial charge in [-0.1, -0.05) is 13.8 Å². The molecule has 0 fully saturated rings. The molecule has 4 heteroatoms. The van der Waals surface area contributed by atoms with Crippen LogP contribution in [0.3, 0.4) is 0 Å². The second-order valence-electron chi connectivity index (χ2n) is 3.78. The Kier molecular flexibility index (Phi) is 3.88. The number of nitrogens with one attached hydrogen (secondary N) is 1. The highest BCUT2D eigenvalue weighted by Gasteiger charge is 2.13. The molecular weight excluding hydrogens is 190 g/mol. The average Bonchev–Trinajstić information content (AvgIpc) is 2.55. The lowest BCUT2D eigenvalue weighted by Gasteiger charge is -2.13. The Morgan fingerprint density at radius 1 is 1.53 bits per heavy atom. The number of aromatic nitrogens is 2. The number of rotatable bonds is 4. The molecule has 4 nitrogen and oxygen atoms in total. The molecule has 0 aliphatic heterocycles. The van der Waals surface area contributed by atoms with Gasteiger partial charge in [0.2, 0.25) is 0 Å². The van der Waals surface area contributed by atoms with Crippen molar-refractivity contribution in [2.24, 2.45) is 7.05 Å². The lowest BCUT2D eigenvalue weighted by atomic mass is 10.1. The first-order valence-corrected chi connectivity index (χ1v) is 5.40. The highest BCUT2D eigenvalue weighted by atomic mass is 16.2. The Morgan fingerprint density at radius 3 is 2.53 bits per heavy atom. The van der Waals surface area contributed by atoms with E-state index in [4.69, 9.17) is 0 Å². The van der Waals surface area contributed by atoms with Gasteiger partial charge in [-0.3, -0.25) is 9.48 Å². The van der Waals surface area contributed by atoms with Gasteiger partial charge in [0.05, 0.1) is 0 Å². The van der Waals surface area contributed by atoms with Crippen LogP contribution in [-0.4, -0.2) is 21.7 Å². The minimum atomic E-state index is -0.0765. The summed E-state index contributed by atoms with van der Waals surface area (Å²) < 4.78 is 1.71. The van der Waals surface area contributed by atoms with Gasteiger partial charge in [0.15, 0.2) is 0 Å². The third-order valence-corrected chi connectivity index (χ3v) is 2.67. The van der Waals surface area contributed by atoms with E-state index >= 15 is 0 Å². The fraction of sp³-hybridized carbons (Fsp3) is 0.636. The predicted octanol–water partition coefficient (Wildman–Crippen LogP) is 1.65. The molecule has 1 amide bonds. The maximum atomic E-state index is 11.8. The van der Waals surface area contributed by atoms with Crippen LogP contribution >= 0.6 is 0 Å². The minimum Gasteiger partial charge on any atom is -0.348 e. The van der Waals surface area contributed by atoms with Crippen molar-refractivity contribution in [3.05, 3.63) is 17.5 Å². The van der Waals surface area contributed by atoms with Crippen LogP contribution < -0.4 is 5.32 Å². The van der Waals surface area contributed by atoms with E-state index in [-0.39, 0.29) is 11.9 Å². The van der Waals surface area contributed by atoms with Gasteiger partial charge in [0.1, 0.15) is 5.69 Å². The number of hydrogen-bond donors (Lipinski definition) is 1. The zero-order chi connectivity index (χ0) is 11.4. The molecule has 1 aromatic rings. The average molecular weight is 209 g/mol. The first-order valence-electron chi connectivity index (χ1n) is 5.40. The maximum Gasteiger partial charge on any atom is 0.272 e. The van der Waals surface area contributed by atoms with Crippen LogP contribution in [0.1, 0.15) is 42.9 Å². The molecule has 15 heavy (non-hydrogen) atoms. The summed E-state index contributed by atoms with van der Waals surface area (Å²) in [4.78, 5) is 11.8. The van der Waals surface area contributed by atoms with Crippen molar-refractivity contribution in [1.29, 1.82) is 0 Å². The molecule has 0 spiro atoms. The second kappa shape index (κ2) is 4.96. The Hall–Kier alpha value is -1.32. The Labute approximate surface area is 90.7 Å². The van der Waals surface area contributed by atoms with Crippen LogP contribution in [-0.2, 0) is 7.05 Å². The number of amides is 1. The van der Waals surface area contributed by atoms with E-state index in [1.54, 1.807) is 10.7 Å². The molecule has 0 aliphatic carbocycles. The molecule has 0 radical (unpaired) electrons. The van der Waals surface area contributed by atoms with Crippen molar-refractivity contribution in [3.8, 4) is 0 Å². The smallest absolute Gasteiger partial charge is 0.272 e.